The van der Waals surface area contributed by atoms with Gasteiger partial charge in [0.2, 0.25) is 5.82 Å². The van der Waals surface area contributed by atoms with E-state index in [0.717, 1.165) is 25.7 Å². The lowest BCUT2D eigenvalue weighted by Crippen LogP contribution is -2.43. The van der Waals surface area contributed by atoms with Crippen LogP contribution in [0.4, 0.5) is 8.78 Å². The molecule has 132 valence electrons. The van der Waals surface area contributed by atoms with Crippen LogP contribution in [0.1, 0.15) is 24.8 Å². The summed E-state index contributed by atoms with van der Waals surface area (Å²) in [4.78, 5) is 2.41. The van der Waals surface area contributed by atoms with Crippen molar-refractivity contribution < 1.29 is 13.4 Å². The third-order valence-corrected chi connectivity index (χ3v) is 4.40. The van der Waals surface area contributed by atoms with Crippen LogP contribution in [0.25, 0.3) is 0 Å². The summed E-state index contributed by atoms with van der Waals surface area (Å²) in [5.41, 5.74) is 6.44. The van der Waals surface area contributed by atoms with Gasteiger partial charge in [-0.3, -0.25) is 4.90 Å². The highest BCUT2D eigenvalue weighted by Crippen LogP contribution is 2.25. The van der Waals surface area contributed by atoms with E-state index in [1.54, 1.807) is 12.3 Å². The van der Waals surface area contributed by atoms with Crippen LogP contribution in [0.5, 0.6) is 0 Å². The number of piperidine rings is 1. The normalized spacial score (nSPS) is 23.8. The lowest BCUT2D eigenvalue weighted by atomic mass is 10.1. The highest BCUT2D eigenvalue weighted by Gasteiger charge is 2.33. The Labute approximate surface area is 146 Å². The van der Waals surface area contributed by atoms with Crippen LogP contribution in [-0.2, 0) is 6.54 Å². The first-order valence-electron chi connectivity index (χ1n) is 8.01. The second-order valence-electron chi connectivity index (χ2n) is 6.26. The van der Waals surface area contributed by atoms with Crippen molar-refractivity contribution in [3.63, 3.8) is 0 Å². The van der Waals surface area contributed by atoms with Crippen molar-refractivity contribution in [3.8, 4) is 0 Å². The van der Waals surface area contributed by atoms with Crippen molar-refractivity contribution in [1.82, 2.24) is 4.90 Å². The maximum absolute atomic E-state index is 13.4. The van der Waals surface area contributed by atoms with Gasteiger partial charge in [0.05, 0.1) is 6.54 Å². The smallest absolute Gasteiger partial charge is 0.207 e. The van der Waals surface area contributed by atoms with Gasteiger partial charge in [0.1, 0.15) is 13.1 Å². The Morgan fingerprint density at radius 3 is 2.50 bits per heavy atom. The molecule has 1 fully saturated rings. The number of hydrogen-bond donors (Lipinski definition) is 1. The zero-order valence-corrected chi connectivity index (χ0v) is 14.3. The molecule has 5 nitrogen and oxygen atoms in total. The minimum Gasteiger partial charge on any atom is -0.378 e. The van der Waals surface area contributed by atoms with Crippen molar-refractivity contribution in [2.24, 2.45) is 16.1 Å². The second-order valence-corrected chi connectivity index (χ2v) is 6.26. The molecule has 0 amide bonds. The summed E-state index contributed by atoms with van der Waals surface area (Å²) in [6, 6.07) is 3.94. The molecule has 0 aromatic heterocycles. The number of likely N-dealkylation sites (tertiary alicyclic amines) is 1. The molecule has 8 heteroatoms. The van der Waals surface area contributed by atoms with Gasteiger partial charge in [0, 0.05) is 10.8 Å². The third kappa shape index (κ3) is 4.49. The second kappa shape index (κ2) is 8.00. The average molecular weight is 359 g/mol. The fourth-order valence-corrected chi connectivity index (χ4v) is 3.16. The fraction of sp³-hybridized carbons (Fsp3) is 0.500. The molecule has 3 rings (SSSR count). The summed E-state index contributed by atoms with van der Waals surface area (Å²) < 4.78 is 26.7. The molecule has 1 aromatic carbocycles. The highest BCUT2D eigenvalue weighted by atomic mass is 35.5. The van der Waals surface area contributed by atoms with E-state index in [1.807, 2.05) is 0 Å². The Morgan fingerprint density at radius 2 is 1.88 bits per heavy atom. The van der Waals surface area contributed by atoms with Crippen LogP contribution < -0.4 is 5.73 Å². The van der Waals surface area contributed by atoms with Crippen molar-refractivity contribution in [3.05, 3.63) is 47.4 Å². The number of rotatable bonds is 5. The maximum atomic E-state index is 13.4. The number of halogens is 3. The largest absolute Gasteiger partial charge is 0.378 e. The summed E-state index contributed by atoms with van der Waals surface area (Å²) in [6.45, 7) is 4.20. The van der Waals surface area contributed by atoms with Gasteiger partial charge in [-0.1, -0.05) is 17.6 Å². The standard InChI is InChI=1S/C16H22F2N5.ClH/c17-14-5-4-13(10-15(14)18)11-23(12-16(19)20-21-23)9-8-22-6-2-1-3-7-22;/h4-5,10,12H,1-3,6-9,11,19H2;1H/q+1;. The van der Waals surface area contributed by atoms with Crippen LogP contribution in [0.15, 0.2) is 40.6 Å². The maximum Gasteiger partial charge on any atom is 0.207 e. The summed E-state index contributed by atoms with van der Waals surface area (Å²) in [6.07, 6.45) is 5.52. The minimum atomic E-state index is -0.843. The first-order chi connectivity index (χ1) is 11.1. The SMILES string of the molecule is Cl.NC1=C[N+](CCN2CCCCC2)(Cc2ccc(F)c(F)c2)N=N1. The molecule has 1 atom stereocenters. The van der Waals surface area contributed by atoms with Crippen molar-refractivity contribution in [1.29, 1.82) is 0 Å². The van der Waals surface area contributed by atoms with Gasteiger partial charge in [0.15, 0.2) is 17.8 Å². The number of nitrogens with two attached hydrogens (primary N) is 1. The monoisotopic (exact) mass is 358 g/mol. The molecule has 2 aliphatic heterocycles. The van der Waals surface area contributed by atoms with E-state index >= 15 is 0 Å². The molecule has 2 aliphatic rings. The summed E-state index contributed by atoms with van der Waals surface area (Å²) in [7, 11) is 0. The molecule has 0 bridgehead atoms. The van der Waals surface area contributed by atoms with E-state index in [0.29, 0.717) is 24.5 Å². The van der Waals surface area contributed by atoms with Gasteiger partial charge >= 0.3 is 0 Å². The van der Waals surface area contributed by atoms with Crippen LogP contribution in [0.3, 0.4) is 0 Å². The zero-order valence-electron chi connectivity index (χ0n) is 13.5. The Bertz CT molecular complexity index is 631. The van der Waals surface area contributed by atoms with E-state index in [-0.39, 0.29) is 17.0 Å². The van der Waals surface area contributed by atoms with Gasteiger partial charge in [-0.15, -0.1) is 17.0 Å². The molecular formula is C16H23ClF2N5+. The third-order valence-electron chi connectivity index (χ3n) is 4.40. The molecule has 2 heterocycles. The van der Waals surface area contributed by atoms with Crippen LogP contribution in [-0.4, -0.2) is 35.7 Å². The molecule has 24 heavy (non-hydrogen) atoms. The van der Waals surface area contributed by atoms with Gasteiger partial charge in [-0.25, -0.2) is 8.78 Å². The van der Waals surface area contributed by atoms with E-state index in [1.165, 1.54) is 25.3 Å². The van der Waals surface area contributed by atoms with Crippen LogP contribution in [0, 0.1) is 11.6 Å². The summed E-state index contributed by atoms with van der Waals surface area (Å²) >= 11 is 0. The van der Waals surface area contributed by atoms with Crippen molar-refractivity contribution in [2.45, 2.75) is 25.8 Å². The number of nitrogens with zero attached hydrogens (tertiary/aromatic N) is 4. The number of quaternary nitrogens is 1. The summed E-state index contributed by atoms with van der Waals surface area (Å²) in [5.74, 6) is -1.32. The van der Waals surface area contributed by atoms with E-state index in [4.69, 9.17) is 5.73 Å². The van der Waals surface area contributed by atoms with Crippen LogP contribution >= 0.6 is 12.4 Å². The minimum absolute atomic E-state index is 0. The van der Waals surface area contributed by atoms with Gasteiger partial charge in [0.25, 0.3) is 0 Å². The molecular weight excluding hydrogens is 336 g/mol. The molecule has 0 aliphatic carbocycles. The fourth-order valence-electron chi connectivity index (χ4n) is 3.16. The van der Waals surface area contributed by atoms with E-state index < -0.39 is 11.6 Å². The van der Waals surface area contributed by atoms with E-state index in [2.05, 4.69) is 15.2 Å². The Hall–Kier alpha value is -1.57. The lowest BCUT2D eigenvalue weighted by Gasteiger charge is -2.30. The molecule has 2 N–H and O–H groups in total. The molecule has 1 saturated heterocycles. The van der Waals surface area contributed by atoms with Crippen LogP contribution in [0.2, 0.25) is 0 Å². The van der Waals surface area contributed by atoms with Gasteiger partial charge in [-0.05, 0) is 38.1 Å². The summed E-state index contributed by atoms with van der Waals surface area (Å²) in [5, 5.41) is 8.22. The average Bonchev–Trinajstić information content (AvgIpc) is 2.91. The molecule has 1 unspecified atom stereocenters. The lowest BCUT2D eigenvalue weighted by molar-refractivity contribution is -0.900. The van der Waals surface area contributed by atoms with Gasteiger partial charge in [-0.2, -0.15) is 0 Å². The predicted molar refractivity (Wildman–Crippen MR) is 89.9 cm³/mol. The zero-order chi connectivity index (χ0) is 16.3. The Kier molecular flexibility index (Phi) is 6.26. The number of hydrogen-bond acceptors (Lipinski definition) is 4. The Balaban J connectivity index is 0.00000208. The first-order valence-corrected chi connectivity index (χ1v) is 8.01. The van der Waals surface area contributed by atoms with E-state index in [9.17, 15) is 8.78 Å². The Morgan fingerprint density at radius 1 is 1.12 bits per heavy atom. The highest BCUT2D eigenvalue weighted by molar-refractivity contribution is 5.85. The molecule has 1 aromatic rings. The first kappa shape index (κ1) is 18.8. The topological polar surface area (TPSA) is 54.0 Å². The van der Waals surface area contributed by atoms with Crippen molar-refractivity contribution >= 4 is 12.4 Å². The van der Waals surface area contributed by atoms with Crippen molar-refractivity contribution in [2.75, 3.05) is 26.2 Å². The number of benzene rings is 1. The molecule has 0 radical (unpaired) electrons. The van der Waals surface area contributed by atoms with Gasteiger partial charge < -0.3 is 5.73 Å². The molecule has 0 spiro atoms. The predicted octanol–water partition coefficient (Wildman–Crippen LogP) is 3.33. The molecule has 0 saturated carbocycles. The quantitative estimate of drug-likeness (QED) is 0.821.